The molecule has 0 saturated carbocycles. The summed E-state index contributed by atoms with van der Waals surface area (Å²) in [5, 5.41) is 12.5. The molecule has 3 rings (SSSR count). The molecular weight excluding hydrogens is 396 g/mol. The second-order valence-electron chi connectivity index (χ2n) is 8.12. The van der Waals surface area contributed by atoms with Gasteiger partial charge >= 0.3 is 12.0 Å². The average Bonchev–Trinajstić information content (AvgIpc) is 2.77. The summed E-state index contributed by atoms with van der Waals surface area (Å²) < 4.78 is 5.15. The molecule has 0 spiro atoms. The highest BCUT2D eigenvalue weighted by Gasteiger charge is 2.63. The van der Waals surface area contributed by atoms with Gasteiger partial charge in [-0.2, -0.15) is 0 Å². The fourth-order valence-electron chi connectivity index (χ4n) is 4.10. The van der Waals surface area contributed by atoms with Gasteiger partial charge in [0.2, 0.25) is 5.91 Å². The number of aliphatic carboxylic acids is 1. The van der Waals surface area contributed by atoms with Crippen molar-refractivity contribution < 1.29 is 24.2 Å². The molecule has 164 valence electrons. The van der Waals surface area contributed by atoms with E-state index in [-0.39, 0.29) is 6.04 Å². The van der Waals surface area contributed by atoms with E-state index >= 15 is 0 Å². The molecule has 3 amide bonds. The van der Waals surface area contributed by atoms with E-state index in [0.29, 0.717) is 19.3 Å². The summed E-state index contributed by atoms with van der Waals surface area (Å²) in [5.41, 5.74) is 0.846. The summed E-state index contributed by atoms with van der Waals surface area (Å²) in [6, 6.07) is 14.7. The number of ether oxygens (including phenoxy) is 1. The van der Waals surface area contributed by atoms with Crippen LogP contribution in [0.3, 0.4) is 0 Å². The van der Waals surface area contributed by atoms with Crippen LogP contribution in [0.15, 0.2) is 54.6 Å². The summed E-state index contributed by atoms with van der Waals surface area (Å²) in [5.74, 6) is -0.858. The van der Waals surface area contributed by atoms with E-state index in [1.807, 2.05) is 54.6 Å². The van der Waals surface area contributed by atoms with Crippen molar-refractivity contribution in [1.82, 2.24) is 10.2 Å². The van der Waals surface area contributed by atoms with Gasteiger partial charge in [-0.05, 0) is 56.4 Å². The van der Waals surface area contributed by atoms with Crippen LogP contribution in [0.25, 0.3) is 0 Å². The standard InChI is InChI=1S/C24H28N2O5/c1-16(18-9-5-4-6-10-18)25-23(30)26-20(21(27)28)24(2,22(26)29)15-7-8-17-11-13-19(31-3)14-12-17/h4-6,9-14,16,20H,7-8,15H2,1-3H3,(H,25,30)(H,27,28). The maximum absolute atomic E-state index is 12.9. The number of carbonyl (C=O) groups is 3. The van der Waals surface area contributed by atoms with E-state index in [1.165, 1.54) is 0 Å². The summed E-state index contributed by atoms with van der Waals surface area (Å²) in [6.45, 7) is 3.42. The summed E-state index contributed by atoms with van der Waals surface area (Å²) in [4.78, 5) is 38.3. The molecule has 3 unspecified atom stereocenters. The third-order valence-corrected chi connectivity index (χ3v) is 5.98. The van der Waals surface area contributed by atoms with Gasteiger partial charge in [0, 0.05) is 0 Å². The smallest absolute Gasteiger partial charge is 0.328 e. The lowest BCUT2D eigenvalue weighted by Gasteiger charge is -2.50. The van der Waals surface area contributed by atoms with Crippen LogP contribution in [0.4, 0.5) is 4.79 Å². The first-order valence-electron chi connectivity index (χ1n) is 10.3. The average molecular weight is 424 g/mol. The number of likely N-dealkylation sites (tertiary alicyclic amines) is 1. The number of hydrogen-bond acceptors (Lipinski definition) is 4. The molecule has 1 aliphatic rings. The van der Waals surface area contributed by atoms with Gasteiger partial charge in [0.05, 0.1) is 18.6 Å². The number of nitrogens with zero attached hydrogens (tertiary/aromatic N) is 1. The third kappa shape index (κ3) is 4.55. The van der Waals surface area contributed by atoms with Gasteiger partial charge in [0.1, 0.15) is 5.75 Å². The Morgan fingerprint density at radius 3 is 2.39 bits per heavy atom. The van der Waals surface area contributed by atoms with E-state index in [1.54, 1.807) is 21.0 Å². The molecule has 7 heteroatoms. The first kappa shape index (κ1) is 22.3. The highest BCUT2D eigenvalue weighted by Crippen LogP contribution is 2.43. The second-order valence-corrected chi connectivity index (χ2v) is 8.12. The number of β-lactam (4-membered cyclic amide) rings is 1. The monoisotopic (exact) mass is 424 g/mol. The van der Waals surface area contributed by atoms with Gasteiger partial charge in [-0.25, -0.2) is 14.5 Å². The molecule has 2 aromatic rings. The molecule has 0 aromatic heterocycles. The molecule has 31 heavy (non-hydrogen) atoms. The van der Waals surface area contributed by atoms with Crippen molar-refractivity contribution in [2.75, 3.05) is 7.11 Å². The normalized spacial score (nSPS) is 21.2. The Bertz CT molecular complexity index is 944. The molecule has 7 nitrogen and oxygen atoms in total. The maximum Gasteiger partial charge on any atom is 0.328 e. The third-order valence-electron chi connectivity index (χ3n) is 5.98. The Hall–Kier alpha value is -3.35. The number of benzene rings is 2. The molecule has 1 heterocycles. The second kappa shape index (κ2) is 9.20. The van der Waals surface area contributed by atoms with E-state index in [2.05, 4.69) is 5.32 Å². The van der Waals surface area contributed by atoms with Gasteiger partial charge in [-0.15, -0.1) is 0 Å². The highest BCUT2D eigenvalue weighted by molar-refractivity contribution is 6.09. The fourth-order valence-corrected chi connectivity index (χ4v) is 4.10. The van der Waals surface area contributed by atoms with Gasteiger partial charge in [0.15, 0.2) is 6.04 Å². The Labute approximate surface area is 182 Å². The number of imide groups is 1. The summed E-state index contributed by atoms with van der Waals surface area (Å²) in [7, 11) is 1.60. The predicted octanol–water partition coefficient (Wildman–Crippen LogP) is 3.79. The maximum atomic E-state index is 12.9. The van der Waals surface area contributed by atoms with Crippen molar-refractivity contribution in [2.24, 2.45) is 5.41 Å². The number of carboxylic acid groups (broad SMARTS) is 1. The van der Waals surface area contributed by atoms with Gasteiger partial charge in [-0.1, -0.05) is 42.5 Å². The quantitative estimate of drug-likeness (QED) is 0.629. The molecule has 0 aliphatic carbocycles. The van der Waals surface area contributed by atoms with Crippen molar-refractivity contribution in [3.63, 3.8) is 0 Å². The zero-order valence-corrected chi connectivity index (χ0v) is 18.0. The molecule has 3 atom stereocenters. The zero-order valence-electron chi connectivity index (χ0n) is 18.0. The number of aryl methyl sites for hydroxylation is 1. The van der Waals surface area contributed by atoms with Crippen molar-refractivity contribution in [3.05, 3.63) is 65.7 Å². The number of hydrogen-bond donors (Lipinski definition) is 2. The lowest BCUT2D eigenvalue weighted by molar-refractivity contribution is -0.177. The SMILES string of the molecule is COc1ccc(CCCC2(C)C(=O)N(C(=O)NC(C)c3ccccc3)C2C(=O)O)cc1. The van der Waals surface area contributed by atoms with E-state index in [0.717, 1.165) is 21.8 Å². The van der Waals surface area contributed by atoms with Crippen molar-refractivity contribution in [2.45, 2.75) is 45.2 Å². The van der Waals surface area contributed by atoms with E-state index < -0.39 is 29.4 Å². The van der Waals surface area contributed by atoms with E-state index in [9.17, 15) is 19.5 Å². The van der Waals surface area contributed by atoms with Crippen LogP contribution in [-0.2, 0) is 16.0 Å². The number of amides is 3. The molecule has 0 bridgehead atoms. The first-order valence-corrected chi connectivity index (χ1v) is 10.3. The first-order chi connectivity index (χ1) is 14.8. The minimum atomic E-state index is -1.18. The highest BCUT2D eigenvalue weighted by atomic mass is 16.5. The molecule has 1 fully saturated rings. The number of rotatable bonds is 8. The molecule has 2 aromatic carbocycles. The predicted molar refractivity (Wildman–Crippen MR) is 116 cm³/mol. The van der Waals surface area contributed by atoms with Crippen LogP contribution in [-0.4, -0.2) is 41.1 Å². The van der Waals surface area contributed by atoms with Crippen LogP contribution in [0.5, 0.6) is 5.75 Å². The Kier molecular flexibility index (Phi) is 6.63. The number of methoxy groups -OCH3 is 1. The number of carboxylic acids is 1. The topological polar surface area (TPSA) is 95.9 Å². The fraction of sp³-hybridized carbons (Fsp3) is 0.375. The number of urea groups is 1. The van der Waals surface area contributed by atoms with E-state index in [4.69, 9.17) is 4.74 Å². The minimum absolute atomic E-state index is 0.349. The summed E-state index contributed by atoms with van der Waals surface area (Å²) >= 11 is 0. The van der Waals surface area contributed by atoms with Crippen LogP contribution < -0.4 is 10.1 Å². The van der Waals surface area contributed by atoms with Gasteiger partial charge in [0.25, 0.3) is 0 Å². The lowest BCUT2D eigenvalue weighted by Crippen LogP contribution is -2.73. The van der Waals surface area contributed by atoms with Crippen LogP contribution in [0.1, 0.15) is 43.9 Å². The largest absolute Gasteiger partial charge is 0.497 e. The lowest BCUT2D eigenvalue weighted by atomic mass is 9.68. The van der Waals surface area contributed by atoms with Crippen molar-refractivity contribution in [1.29, 1.82) is 0 Å². The van der Waals surface area contributed by atoms with Crippen LogP contribution in [0.2, 0.25) is 0 Å². The van der Waals surface area contributed by atoms with Gasteiger partial charge in [-0.3, -0.25) is 4.79 Å². The molecular formula is C24H28N2O5. The van der Waals surface area contributed by atoms with Gasteiger partial charge < -0.3 is 15.2 Å². The Balaban J connectivity index is 1.63. The van der Waals surface area contributed by atoms with Crippen molar-refractivity contribution in [3.8, 4) is 5.75 Å². The minimum Gasteiger partial charge on any atom is -0.497 e. The number of carbonyl (C=O) groups excluding carboxylic acids is 2. The summed E-state index contributed by atoms with van der Waals surface area (Å²) in [6.07, 6.45) is 1.72. The molecule has 0 radical (unpaired) electrons. The molecule has 1 saturated heterocycles. The molecule has 1 aliphatic heterocycles. The van der Waals surface area contributed by atoms with Crippen LogP contribution in [0, 0.1) is 5.41 Å². The van der Waals surface area contributed by atoms with Crippen LogP contribution >= 0.6 is 0 Å². The van der Waals surface area contributed by atoms with Crippen molar-refractivity contribution >= 4 is 17.9 Å². The number of nitrogens with one attached hydrogen (secondary N) is 1. The zero-order chi connectivity index (χ0) is 22.6. The Morgan fingerprint density at radius 1 is 1.16 bits per heavy atom. The molecule has 2 N–H and O–H groups in total. The Morgan fingerprint density at radius 2 is 1.81 bits per heavy atom.